The van der Waals surface area contributed by atoms with Crippen molar-refractivity contribution in [2.75, 3.05) is 6.61 Å². The van der Waals surface area contributed by atoms with Crippen molar-refractivity contribution in [2.45, 2.75) is 30.8 Å². The van der Waals surface area contributed by atoms with Gasteiger partial charge in [-0.3, -0.25) is 4.57 Å². The van der Waals surface area contributed by atoms with Crippen LogP contribution in [0.25, 0.3) is 11.4 Å². The third-order valence-electron chi connectivity index (χ3n) is 4.41. The Morgan fingerprint density at radius 3 is 2.77 bits per heavy atom. The van der Waals surface area contributed by atoms with E-state index in [2.05, 4.69) is 20.3 Å². The fourth-order valence-corrected chi connectivity index (χ4v) is 3.79. The van der Waals surface area contributed by atoms with Crippen molar-refractivity contribution in [3.63, 3.8) is 0 Å². The zero-order chi connectivity index (χ0) is 20.8. The lowest BCUT2D eigenvalue weighted by atomic mass is 10.1. The number of nitrogens with one attached hydrogen (secondary N) is 1. The van der Waals surface area contributed by atoms with Crippen LogP contribution in [-0.4, -0.2) is 31.5 Å². The maximum Gasteiger partial charge on any atom is 0.343 e. The smallest absolute Gasteiger partial charge is 0.343 e. The summed E-state index contributed by atoms with van der Waals surface area (Å²) in [7, 11) is 0. The molecule has 4 rings (SSSR count). The molecule has 0 unspecified atom stereocenters. The lowest BCUT2D eigenvalue weighted by molar-refractivity contribution is 0.341. The Hall–Kier alpha value is -3.33. The van der Waals surface area contributed by atoms with Crippen LogP contribution < -0.4 is 10.4 Å². The highest BCUT2D eigenvalue weighted by atomic mass is 32.2. The first-order valence-corrected chi connectivity index (χ1v) is 10.6. The van der Waals surface area contributed by atoms with Gasteiger partial charge in [0.05, 0.1) is 17.9 Å². The third kappa shape index (κ3) is 4.62. The molecule has 0 amide bonds. The van der Waals surface area contributed by atoms with E-state index in [1.807, 2.05) is 61.5 Å². The van der Waals surface area contributed by atoms with E-state index >= 15 is 0 Å². The molecule has 0 bridgehead atoms. The number of aromatic nitrogens is 5. The standard InChI is InChI=1S/C21H21N5O3S/c1-2-28-17-11-7-6-10-16(17)19-22-18(29-25-19)14-30-21-24-23-20(27)26(21)13-12-15-8-4-3-5-9-15/h3-11H,2,12-14H2,1H3,(H,23,27). The number of benzene rings is 2. The van der Waals surface area contributed by atoms with Crippen LogP contribution in [0.2, 0.25) is 0 Å². The first kappa shape index (κ1) is 20.0. The Kier molecular flexibility index (Phi) is 6.29. The Balaban J connectivity index is 1.43. The third-order valence-corrected chi connectivity index (χ3v) is 5.37. The minimum atomic E-state index is -0.231. The number of thioether (sulfide) groups is 1. The second-order valence-electron chi connectivity index (χ2n) is 6.43. The van der Waals surface area contributed by atoms with Crippen LogP contribution in [-0.2, 0) is 18.7 Å². The second kappa shape index (κ2) is 9.45. The monoisotopic (exact) mass is 423 g/mol. The molecule has 2 aromatic heterocycles. The molecule has 30 heavy (non-hydrogen) atoms. The molecular weight excluding hydrogens is 402 g/mol. The Morgan fingerprint density at radius 1 is 1.13 bits per heavy atom. The molecule has 4 aromatic rings. The van der Waals surface area contributed by atoms with Gasteiger partial charge in [-0.25, -0.2) is 9.89 Å². The highest BCUT2D eigenvalue weighted by Crippen LogP contribution is 2.28. The van der Waals surface area contributed by atoms with Crippen LogP contribution >= 0.6 is 11.8 Å². The molecule has 2 aromatic carbocycles. The Bertz CT molecular complexity index is 1150. The molecular formula is C21H21N5O3S. The van der Waals surface area contributed by atoms with Crippen molar-refractivity contribution < 1.29 is 9.26 Å². The van der Waals surface area contributed by atoms with E-state index in [-0.39, 0.29) is 5.69 Å². The molecule has 8 nitrogen and oxygen atoms in total. The molecule has 0 radical (unpaired) electrons. The zero-order valence-corrected chi connectivity index (χ0v) is 17.3. The van der Waals surface area contributed by atoms with Crippen molar-refractivity contribution in [3.05, 3.63) is 76.5 Å². The lowest BCUT2D eigenvalue weighted by Crippen LogP contribution is -2.18. The van der Waals surface area contributed by atoms with Crippen LogP contribution in [0, 0.1) is 0 Å². The Labute approximate surface area is 177 Å². The quantitative estimate of drug-likeness (QED) is 0.411. The number of H-pyrrole nitrogens is 1. The second-order valence-corrected chi connectivity index (χ2v) is 7.37. The van der Waals surface area contributed by atoms with E-state index in [0.29, 0.717) is 41.5 Å². The minimum absolute atomic E-state index is 0.231. The van der Waals surface area contributed by atoms with Gasteiger partial charge in [-0.2, -0.15) is 4.98 Å². The van der Waals surface area contributed by atoms with Gasteiger partial charge in [0.2, 0.25) is 11.7 Å². The van der Waals surface area contributed by atoms with Crippen molar-refractivity contribution in [1.29, 1.82) is 0 Å². The Morgan fingerprint density at radius 2 is 1.93 bits per heavy atom. The SMILES string of the molecule is CCOc1ccccc1-c1noc(CSc2n[nH]c(=O)n2CCc2ccccc2)n1. The van der Waals surface area contributed by atoms with E-state index < -0.39 is 0 Å². The van der Waals surface area contributed by atoms with Crippen LogP contribution in [0.15, 0.2) is 69.1 Å². The molecule has 9 heteroatoms. The molecule has 1 N–H and O–H groups in total. The largest absolute Gasteiger partial charge is 0.493 e. The summed E-state index contributed by atoms with van der Waals surface area (Å²) in [6.07, 6.45) is 0.743. The maximum atomic E-state index is 12.1. The molecule has 0 aliphatic heterocycles. The first-order chi connectivity index (χ1) is 14.7. The van der Waals surface area contributed by atoms with Crippen molar-refractivity contribution in [1.82, 2.24) is 24.9 Å². The van der Waals surface area contributed by atoms with Gasteiger partial charge >= 0.3 is 5.69 Å². The molecule has 2 heterocycles. The number of rotatable bonds is 9. The van der Waals surface area contributed by atoms with Gasteiger partial charge < -0.3 is 9.26 Å². The van der Waals surface area contributed by atoms with Gasteiger partial charge in [0.25, 0.3) is 0 Å². The summed E-state index contributed by atoms with van der Waals surface area (Å²) in [4.78, 5) is 16.6. The van der Waals surface area contributed by atoms with Gasteiger partial charge in [0, 0.05) is 6.54 Å². The van der Waals surface area contributed by atoms with Gasteiger partial charge in [-0.15, -0.1) is 5.10 Å². The highest BCUT2D eigenvalue weighted by molar-refractivity contribution is 7.98. The van der Waals surface area contributed by atoms with Gasteiger partial charge in [-0.05, 0) is 31.0 Å². The van der Waals surface area contributed by atoms with Crippen molar-refractivity contribution in [2.24, 2.45) is 0 Å². The number of hydrogen-bond donors (Lipinski definition) is 1. The predicted octanol–water partition coefficient (Wildman–Crippen LogP) is 3.56. The van der Waals surface area contributed by atoms with Gasteiger partial charge in [0.1, 0.15) is 5.75 Å². The van der Waals surface area contributed by atoms with E-state index in [4.69, 9.17) is 9.26 Å². The van der Waals surface area contributed by atoms with Crippen LogP contribution in [0.1, 0.15) is 18.4 Å². The molecule has 154 valence electrons. The van der Waals surface area contributed by atoms with Crippen LogP contribution in [0.5, 0.6) is 5.75 Å². The summed E-state index contributed by atoms with van der Waals surface area (Å²) >= 11 is 1.37. The highest BCUT2D eigenvalue weighted by Gasteiger charge is 2.15. The predicted molar refractivity (Wildman–Crippen MR) is 113 cm³/mol. The zero-order valence-electron chi connectivity index (χ0n) is 16.4. The van der Waals surface area contributed by atoms with Crippen LogP contribution in [0.4, 0.5) is 0 Å². The van der Waals surface area contributed by atoms with E-state index in [1.54, 1.807) is 4.57 Å². The summed E-state index contributed by atoms with van der Waals surface area (Å²) in [5.74, 6) is 2.03. The summed E-state index contributed by atoms with van der Waals surface area (Å²) in [5, 5.41) is 11.3. The van der Waals surface area contributed by atoms with Crippen LogP contribution in [0.3, 0.4) is 0 Å². The number of aromatic amines is 1. The summed E-state index contributed by atoms with van der Waals surface area (Å²) in [5.41, 5.74) is 1.71. The maximum absolute atomic E-state index is 12.1. The number of para-hydroxylation sites is 1. The van der Waals surface area contributed by atoms with E-state index in [9.17, 15) is 4.79 Å². The summed E-state index contributed by atoms with van der Waals surface area (Å²) in [6, 6.07) is 17.6. The summed E-state index contributed by atoms with van der Waals surface area (Å²) in [6.45, 7) is 3.02. The minimum Gasteiger partial charge on any atom is -0.493 e. The molecule has 0 atom stereocenters. The average Bonchev–Trinajstić information content (AvgIpc) is 3.39. The van der Waals surface area contributed by atoms with E-state index in [0.717, 1.165) is 17.5 Å². The normalized spacial score (nSPS) is 11.0. The number of ether oxygens (including phenoxy) is 1. The molecule has 0 aliphatic rings. The van der Waals surface area contributed by atoms with Gasteiger partial charge in [-0.1, -0.05) is 59.4 Å². The number of aryl methyl sites for hydroxylation is 1. The number of hydrogen-bond acceptors (Lipinski definition) is 7. The van der Waals surface area contributed by atoms with Gasteiger partial charge in [0.15, 0.2) is 5.16 Å². The van der Waals surface area contributed by atoms with Crippen molar-refractivity contribution in [3.8, 4) is 17.1 Å². The lowest BCUT2D eigenvalue weighted by Gasteiger charge is -2.06. The van der Waals surface area contributed by atoms with Crippen molar-refractivity contribution >= 4 is 11.8 Å². The molecule has 0 fully saturated rings. The van der Waals surface area contributed by atoms with E-state index in [1.165, 1.54) is 11.8 Å². The first-order valence-electron chi connectivity index (χ1n) is 9.61. The summed E-state index contributed by atoms with van der Waals surface area (Å²) < 4.78 is 12.6. The molecule has 0 saturated carbocycles. The molecule has 0 spiro atoms. The average molecular weight is 423 g/mol. The molecule has 0 saturated heterocycles. The fraction of sp³-hybridized carbons (Fsp3) is 0.238. The topological polar surface area (TPSA) is 98.8 Å². The number of nitrogens with zero attached hydrogens (tertiary/aromatic N) is 4. The molecule has 0 aliphatic carbocycles. The fourth-order valence-electron chi connectivity index (χ4n) is 2.98.